The number of rotatable bonds is 3. The lowest BCUT2D eigenvalue weighted by atomic mass is 9.82. The summed E-state index contributed by atoms with van der Waals surface area (Å²) >= 11 is 0. The molecule has 1 aliphatic rings. The first-order chi connectivity index (χ1) is 8.16. The minimum atomic E-state index is -0.182. The molecule has 1 N–H and O–H groups in total. The summed E-state index contributed by atoms with van der Waals surface area (Å²) in [5.74, 6) is 1.20. The summed E-state index contributed by atoms with van der Waals surface area (Å²) in [6, 6.07) is 8.19. The first-order valence-corrected chi connectivity index (χ1v) is 6.61. The second-order valence-corrected chi connectivity index (χ2v) is 5.20. The molecule has 2 rings (SSSR count). The van der Waals surface area contributed by atoms with E-state index >= 15 is 0 Å². The zero-order valence-electron chi connectivity index (χ0n) is 10.7. The highest BCUT2D eigenvalue weighted by molar-refractivity contribution is 5.31. The van der Waals surface area contributed by atoms with Crippen LogP contribution < -0.4 is 4.74 Å². The van der Waals surface area contributed by atoms with Gasteiger partial charge in [0.2, 0.25) is 0 Å². The van der Waals surface area contributed by atoms with E-state index in [2.05, 4.69) is 12.1 Å². The lowest BCUT2D eigenvalue weighted by Gasteiger charge is -2.28. The van der Waals surface area contributed by atoms with Gasteiger partial charge in [-0.15, -0.1) is 0 Å². The van der Waals surface area contributed by atoms with Gasteiger partial charge in [-0.3, -0.25) is 0 Å². The quantitative estimate of drug-likeness (QED) is 0.867. The molecule has 2 nitrogen and oxygen atoms in total. The summed E-state index contributed by atoms with van der Waals surface area (Å²) in [4.78, 5) is 0. The second kappa shape index (κ2) is 5.54. The fraction of sp³-hybridized carbons (Fsp3) is 0.600. The number of benzene rings is 1. The number of aliphatic hydroxyl groups is 1. The van der Waals surface area contributed by atoms with Gasteiger partial charge in [0.1, 0.15) is 5.75 Å². The zero-order valence-corrected chi connectivity index (χ0v) is 10.7. The topological polar surface area (TPSA) is 29.5 Å². The van der Waals surface area contributed by atoms with Crippen LogP contribution in [0.4, 0.5) is 0 Å². The summed E-state index contributed by atoms with van der Waals surface area (Å²) < 4.78 is 5.70. The maximum Gasteiger partial charge on any atom is 0.119 e. The van der Waals surface area contributed by atoms with Crippen molar-refractivity contribution in [2.75, 3.05) is 0 Å². The molecule has 0 amide bonds. The van der Waals surface area contributed by atoms with E-state index < -0.39 is 0 Å². The molecular weight excluding hydrogens is 212 g/mol. The van der Waals surface area contributed by atoms with Crippen molar-refractivity contribution < 1.29 is 9.84 Å². The molecule has 0 aromatic heterocycles. The lowest BCUT2D eigenvalue weighted by Crippen LogP contribution is -2.22. The Balaban J connectivity index is 2.14. The van der Waals surface area contributed by atoms with Gasteiger partial charge in [0.25, 0.3) is 0 Å². The average molecular weight is 234 g/mol. The molecule has 1 saturated carbocycles. The van der Waals surface area contributed by atoms with E-state index in [0.29, 0.717) is 5.92 Å². The highest BCUT2D eigenvalue weighted by Gasteiger charge is 2.24. The highest BCUT2D eigenvalue weighted by atomic mass is 16.5. The Labute approximate surface area is 104 Å². The standard InChI is InChI=1S/C15H22O2/c1-11(2)17-13-7-5-6-12(10-13)14-8-3-4-9-15(14)16/h5-7,10-11,14-16H,3-4,8-9H2,1-2H3/t14-,15+/m1/s1. The Hall–Kier alpha value is -1.02. The summed E-state index contributed by atoms with van der Waals surface area (Å²) in [7, 11) is 0. The molecule has 17 heavy (non-hydrogen) atoms. The Morgan fingerprint density at radius 1 is 1.24 bits per heavy atom. The van der Waals surface area contributed by atoms with E-state index in [1.54, 1.807) is 0 Å². The highest BCUT2D eigenvalue weighted by Crippen LogP contribution is 2.34. The zero-order chi connectivity index (χ0) is 12.3. The smallest absolute Gasteiger partial charge is 0.119 e. The van der Waals surface area contributed by atoms with Crippen LogP contribution in [0.3, 0.4) is 0 Å². The molecule has 2 heteroatoms. The van der Waals surface area contributed by atoms with E-state index in [-0.39, 0.29) is 12.2 Å². The molecule has 0 saturated heterocycles. The number of aliphatic hydroxyl groups excluding tert-OH is 1. The van der Waals surface area contributed by atoms with Gasteiger partial charge < -0.3 is 9.84 Å². The fourth-order valence-electron chi connectivity index (χ4n) is 2.59. The van der Waals surface area contributed by atoms with Crippen molar-refractivity contribution in [3.8, 4) is 5.75 Å². The minimum Gasteiger partial charge on any atom is -0.491 e. The maximum atomic E-state index is 10.1. The second-order valence-electron chi connectivity index (χ2n) is 5.20. The largest absolute Gasteiger partial charge is 0.491 e. The molecule has 0 bridgehead atoms. The van der Waals surface area contributed by atoms with Crippen LogP contribution >= 0.6 is 0 Å². The van der Waals surface area contributed by atoms with Crippen LogP contribution in [-0.4, -0.2) is 17.3 Å². The Morgan fingerprint density at radius 3 is 2.71 bits per heavy atom. The Kier molecular flexibility index (Phi) is 4.06. The predicted octanol–water partition coefficient (Wildman–Crippen LogP) is 3.49. The van der Waals surface area contributed by atoms with Crippen molar-refractivity contribution in [2.45, 2.75) is 57.7 Å². The molecule has 1 fully saturated rings. The third-order valence-corrected chi connectivity index (χ3v) is 3.39. The van der Waals surface area contributed by atoms with Gasteiger partial charge in [-0.25, -0.2) is 0 Å². The van der Waals surface area contributed by atoms with E-state index in [1.807, 2.05) is 26.0 Å². The predicted molar refractivity (Wildman–Crippen MR) is 69.4 cm³/mol. The van der Waals surface area contributed by atoms with E-state index in [4.69, 9.17) is 4.74 Å². The molecule has 1 aliphatic carbocycles. The molecule has 0 spiro atoms. The summed E-state index contributed by atoms with van der Waals surface area (Å²) in [6.45, 7) is 4.06. The van der Waals surface area contributed by atoms with Crippen molar-refractivity contribution in [3.63, 3.8) is 0 Å². The van der Waals surface area contributed by atoms with Crippen LogP contribution in [-0.2, 0) is 0 Å². The van der Waals surface area contributed by atoms with Crippen molar-refractivity contribution in [1.82, 2.24) is 0 Å². The molecule has 0 heterocycles. The van der Waals surface area contributed by atoms with Gasteiger partial charge >= 0.3 is 0 Å². The third-order valence-electron chi connectivity index (χ3n) is 3.39. The first-order valence-electron chi connectivity index (χ1n) is 6.61. The van der Waals surface area contributed by atoms with Gasteiger partial charge in [-0.2, -0.15) is 0 Å². The van der Waals surface area contributed by atoms with E-state index in [0.717, 1.165) is 25.0 Å². The van der Waals surface area contributed by atoms with Crippen LogP contribution in [0, 0.1) is 0 Å². The number of hydrogen-bond donors (Lipinski definition) is 1. The van der Waals surface area contributed by atoms with Crippen LogP contribution in [0.2, 0.25) is 0 Å². The van der Waals surface area contributed by atoms with Crippen LogP contribution in [0.1, 0.15) is 51.0 Å². The van der Waals surface area contributed by atoms with Crippen molar-refractivity contribution >= 4 is 0 Å². The van der Waals surface area contributed by atoms with Gasteiger partial charge in [0.15, 0.2) is 0 Å². The molecule has 0 unspecified atom stereocenters. The summed E-state index contributed by atoms with van der Waals surface area (Å²) in [5.41, 5.74) is 1.22. The van der Waals surface area contributed by atoms with E-state index in [9.17, 15) is 5.11 Å². The Bertz CT molecular complexity index is 360. The molecular formula is C15H22O2. The number of hydrogen-bond acceptors (Lipinski definition) is 2. The molecule has 94 valence electrons. The van der Waals surface area contributed by atoms with Crippen molar-refractivity contribution in [1.29, 1.82) is 0 Å². The van der Waals surface area contributed by atoms with Crippen LogP contribution in [0.15, 0.2) is 24.3 Å². The molecule has 0 radical (unpaired) electrons. The van der Waals surface area contributed by atoms with Crippen molar-refractivity contribution in [2.24, 2.45) is 0 Å². The van der Waals surface area contributed by atoms with Crippen LogP contribution in [0.5, 0.6) is 5.75 Å². The lowest BCUT2D eigenvalue weighted by molar-refractivity contribution is 0.106. The average Bonchev–Trinajstić information content (AvgIpc) is 2.29. The minimum absolute atomic E-state index is 0.182. The Morgan fingerprint density at radius 2 is 2.00 bits per heavy atom. The van der Waals surface area contributed by atoms with Gasteiger partial charge in [0, 0.05) is 5.92 Å². The van der Waals surface area contributed by atoms with Crippen LogP contribution in [0.25, 0.3) is 0 Å². The first kappa shape index (κ1) is 12.4. The maximum absolute atomic E-state index is 10.1. The van der Waals surface area contributed by atoms with Gasteiger partial charge in [0.05, 0.1) is 12.2 Å². The fourth-order valence-corrected chi connectivity index (χ4v) is 2.59. The third kappa shape index (κ3) is 3.22. The van der Waals surface area contributed by atoms with Crippen molar-refractivity contribution in [3.05, 3.63) is 29.8 Å². The molecule has 1 aromatic carbocycles. The monoisotopic (exact) mass is 234 g/mol. The summed E-state index contributed by atoms with van der Waals surface area (Å²) in [6.07, 6.45) is 4.41. The van der Waals surface area contributed by atoms with Gasteiger partial charge in [-0.1, -0.05) is 25.0 Å². The molecule has 0 aliphatic heterocycles. The van der Waals surface area contributed by atoms with E-state index in [1.165, 1.54) is 12.0 Å². The summed E-state index contributed by atoms with van der Waals surface area (Å²) in [5, 5.41) is 10.1. The SMILES string of the molecule is CC(C)Oc1cccc([C@H]2CCCC[C@@H]2O)c1. The molecule has 2 atom stereocenters. The van der Waals surface area contributed by atoms with Gasteiger partial charge in [-0.05, 0) is 44.4 Å². The number of ether oxygens (including phenoxy) is 1. The molecule has 1 aromatic rings. The normalized spacial score (nSPS) is 24.9.